The summed E-state index contributed by atoms with van der Waals surface area (Å²) < 4.78 is 0. The fourth-order valence-electron chi connectivity index (χ4n) is 1.59. The second kappa shape index (κ2) is 5.69. The smallest absolute Gasteiger partial charge is 0.0777 e. The molecule has 0 spiro atoms. The third kappa shape index (κ3) is 3.11. The standard InChI is InChI=1S/C13H15ClN4/c1-18(2)13-4-3-10(7-12(13)14)17-9-11-8-15-5-6-16-11/h3-8,17H,9H2,1-2H3. The largest absolute Gasteiger partial charge is 0.379 e. The minimum atomic E-state index is 0.630. The molecule has 2 aromatic rings. The molecule has 1 heterocycles. The van der Waals surface area contributed by atoms with Gasteiger partial charge in [-0.2, -0.15) is 0 Å². The third-order valence-corrected chi connectivity index (χ3v) is 2.82. The molecule has 0 radical (unpaired) electrons. The van der Waals surface area contributed by atoms with Gasteiger partial charge in [-0.3, -0.25) is 9.97 Å². The SMILES string of the molecule is CN(C)c1ccc(NCc2cnccn2)cc1Cl. The van der Waals surface area contributed by atoms with Gasteiger partial charge in [-0.05, 0) is 18.2 Å². The summed E-state index contributed by atoms with van der Waals surface area (Å²) in [5.41, 5.74) is 2.86. The third-order valence-electron chi connectivity index (χ3n) is 2.52. The molecule has 5 heteroatoms. The summed E-state index contributed by atoms with van der Waals surface area (Å²) in [5, 5.41) is 3.99. The lowest BCUT2D eigenvalue weighted by molar-refractivity contribution is 1.01. The average molecular weight is 263 g/mol. The van der Waals surface area contributed by atoms with Crippen molar-refractivity contribution in [3.05, 3.63) is 47.5 Å². The van der Waals surface area contributed by atoms with E-state index in [0.29, 0.717) is 6.54 Å². The Balaban J connectivity index is 2.05. The van der Waals surface area contributed by atoms with Gasteiger partial charge in [0.1, 0.15) is 0 Å². The fourth-order valence-corrected chi connectivity index (χ4v) is 1.94. The van der Waals surface area contributed by atoms with Crippen LogP contribution < -0.4 is 10.2 Å². The lowest BCUT2D eigenvalue weighted by Gasteiger charge is -2.15. The van der Waals surface area contributed by atoms with Crippen LogP contribution in [0.2, 0.25) is 5.02 Å². The molecule has 18 heavy (non-hydrogen) atoms. The highest BCUT2D eigenvalue weighted by atomic mass is 35.5. The Hall–Kier alpha value is -1.81. The van der Waals surface area contributed by atoms with Crippen LogP contribution in [0.15, 0.2) is 36.8 Å². The maximum Gasteiger partial charge on any atom is 0.0777 e. The zero-order valence-corrected chi connectivity index (χ0v) is 11.1. The second-order valence-corrected chi connectivity index (χ2v) is 4.52. The highest BCUT2D eigenvalue weighted by Gasteiger charge is 2.03. The predicted molar refractivity (Wildman–Crippen MR) is 75.1 cm³/mol. The molecule has 0 aliphatic rings. The zero-order chi connectivity index (χ0) is 13.0. The van der Waals surface area contributed by atoms with Gasteiger partial charge in [0.25, 0.3) is 0 Å². The molecule has 1 N–H and O–H groups in total. The van der Waals surface area contributed by atoms with Crippen LogP contribution in [0.5, 0.6) is 0 Å². The molecule has 1 aromatic heterocycles. The lowest BCUT2D eigenvalue weighted by atomic mass is 10.2. The highest BCUT2D eigenvalue weighted by molar-refractivity contribution is 6.33. The Morgan fingerprint density at radius 2 is 2.11 bits per heavy atom. The van der Waals surface area contributed by atoms with Crippen LogP contribution in [0, 0.1) is 0 Å². The zero-order valence-electron chi connectivity index (χ0n) is 10.4. The molecule has 0 atom stereocenters. The van der Waals surface area contributed by atoms with Gasteiger partial charge < -0.3 is 10.2 Å². The van der Waals surface area contributed by atoms with Crippen molar-refractivity contribution in [2.24, 2.45) is 0 Å². The van der Waals surface area contributed by atoms with Crippen molar-refractivity contribution in [1.82, 2.24) is 9.97 Å². The van der Waals surface area contributed by atoms with Crippen LogP contribution in [-0.2, 0) is 6.54 Å². The molecule has 0 amide bonds. The molecular weight excluding hydrogens is 248 g/mol. The van der Waals surface area contributed by atoms with Crippen LogP contribution in [0.25, 0.3) is 0 Å². The van der Waals surface area contributed by atoms with Gasteiger partial charge in [0.2, 0.25) is 0 Å². The number of nitrogens with one attached hydrogen (secondary N) is 1. The number of benzene rings is 1. The Labute approximate surface area is 112 Å². The number of hydrogen-bond acceptors (Lipinski definition) is 4. The van der Waals surface area contributed by atoms with Gasteiger partial charge in [0, 0.05) is 32.2 Å². The highest BCUT2D eigenvalue weighted by Crippen LogP contribution is 2.27. The van der Waals surface area contributed by atoms with Crippen LogP contribution >= 0.6 is 11.6 Å². The number of anilines is 2. The van der Waals surface area contributed by atoms with Gasteiger partial charge >= 0.3 is 0 Å². The van der Waals surface area contributed by atoms with Crippen LogP contribution in [0.3, 0.4) is 0 Å². The molecule has 0 unspecified atom stereocenters. The topological polar surface area (TPSA) is 41.0 Å². The number of rotatable bonds is 4. The van der Waals surface area contributed by atoms with E-state index in [-0.39, 0.29) is 0 Å². The van der Waals surface area contributed by atoms with Crippen LogP contribution in [0.1, 0.15) is 5.69 Å². The fraction of sp³-hybridized carbons (Fsp3) is 0.231. The van der Waals surface area contributed by atoms with Gasteiger partial charge in [0.15, 0.2) is 0 Å². The van der Waals surface area contributed by atoms with E-state index in [9.17, 15) is 0 Å². The summed E-state index contributed by atoms with van der Waals surface area (Å²) in [7, 11) is 3.93. The Kier molecular flexibility index (Phi) is 3.99. The molecule has 0 saturated carbocycles. The van der Waals surface area contributed by atoms with Gasteiger partial charge in [-0.1, -0.05) is 11.6 Å². The number of halogens is 1. The van der Waals surface area contributed by atoms with Crippen molar-refractivity contribution in [3.8, 4) is 0 Å². The van der Waals surface area contributed by atoms with Crippen LogP contribution in [0.4, 0.5) is 11.4 Å². The first-order valence-electron chi connectivity index (χ1n) is 5.62. The molecule has 0 saturated heterocycles. The first kappa shape index (κ1) is 12.6. The maximum atomic E-state index is 6.20. The van der Waals surface area contributed by atoms with E-state index in [1.165, 1.54) is 0 Å². The Morgan fingerprint density at radius 3 is 2.72 bits per heavy atom. The van der Waals surface area contributed by atoms with E-state index >= 15 is 0 Å². The van der Waals surface area contributed by atoms with Crippen molar-refractivity contribution >= 4 is 23.0 Å². The molecular formula is C13H15ClN4. The van der Waals surface area contributed by atoms with Gasteiger partial charge in [-0.25, -0.2) is 0 Å². The van der Waals surface area contributed by atoms with Crippen molar-refractivity contribution in [1.29, 1.82) is 0 Å². The monoisotopic (exact) mass is 262 g/mol. The van der Waals surface area contributed by atoms with Crippen molar-refractivity contribution < 1.29 is 0 Å². The Bertz CT molecular complexity index is 514. The first-order valence-corrected chi connectivity index (χ1v) is 6.00. The Morgan fingerprint density at radius 1 is 1.28 bits per heavy atom. The normalized spacial score (nSPS) is 10.2. The summed E-state index contributed by atoms with van der Waals surface area (Å²) in [6, 6.07) is 5.90. The summed E-state index contributed by atoms with van der Waals surface area (Å²) in [4.78, 5) is 10.2. The minimum absolute atomic E-state index is 0.630. The molecule has 0 bridgehead atoms. The molecule has 1 aromatic carbocycles. The molecule has 4 nitrogen and oxygen atoms in total. The first-order chi connectivity index (χ1) is 8.66. The quantitative estimate of drug-likeness (QED) is 0.920. The van der Waals surface area contributed by atoms with Gasteiger partial charge in [-0.15, -0.1) is 0 Å². The van der Waals surface area contributed by atoms with E-state index in [1.54, 1.807) is 18.6 Å². The number of hydrogen-bond donors (Lipinski definition) is 1. The average Bonchev–Trinajstić information content (AvgIpc) is 2.37. The molecule has 0 fully saturated rings. The van der Waals surface area contributed by atoms with Gasteiger partial charge in [0.05, 0.1) is 29.1 Å². The number of aromatic nitrogens is 2. The van der Waals surface area contributed by atoms with Crippen molar-refractivity contribution in [2.45, 2.75) is 6.54 Å². The lowest BCUT2D eigenvalue weighted by Crippen LogP contribution is -2.09. The summed E-state index contributed by atoms with van der Waals surface area (Å²) >= 11 is 6.20. The number of nitrogens with zero attached hydrogens (tertiary/aromatic N) is 3. The summed E-state index contributed by atoms with van der Waals surface area (Å²) in [5.74, 6) is 0. The molecule has 0 aliphatic heterocycles. The molecule has 94 valence electrons. The molecule has 0 aliphatic carbocycles. The van der Waals surface area contributed by atoms with Crippen molar-refractivity contribution in [3.63, 3.8) is 0 Å². The summed E-state index contributed by atoms with van der Waals surface area (Å²) in [6.45, 7) is 0.630. The van der Waals surface area contributed by atoms with E-state index in [1.807, 2.05) is 37.2 Å². The maximum absolute atomic E-state index is 6.20. The predicted octanol–water partition coefficient (Wildman–Crippen LogP) is 2.81. The summed E-state index contributed by atoms with van der Waals surface area (Å²) in [6.07, 6.45) is 5.08. The van der Waals surface area contributed by atoms with E-state index in [4.69, 9.17) is 11.6 Å². The second-order valence-electron chi connectivity index (χ2n) is 4.11. The molecule has 2 rings (SSSR count). The minimum Gasteiger partial charge on any atom is -0.379 e. The van der Waals surface area contributed by atoms with Crippen molar-refractivity contribution in [2.75, 3.05) is 24.3 Å². The van der Waals surface area contributed by atoms with E-state index in [2.05, 4.69) is 15.3 Å². The van der Waals surface area contributed by atoms with Crippen LogP contribution in [-0.4, -0.2) is 24.1 Å². The van der Waals surface area contributed by atoms with E-state index in [0.717, 1.165) is 22.1 Å². The van der Waals surface area contributed by atoms with E-state index < -0.39 is 0 Å².